The predicted octanol–water partition coefficient (Wildman–Crippen LogP) is 2.59. The molecule has 0 fully saturated rings. The van der Waals surface area contributed by atoms with Gasteiger partial charge in [-0.05, 0) is 25.5 Å². The van der Waals surface area contributed by atoms with Gasteiger partial charge in [0, 0.05) is 16.4 Å². The van der Waals surface area contributed by atoms with E-state index in [1.807, 2.05) is 18.2 Å². The summed E-state index contributed by atoms with van der Waals surface area (Å²) in [6, 6.07) is 7.22. The van der Waals surface area contributed by atoms with E-state index in [-0.39, 0.29) is 23.5 Å². The Bertz CT molecular complexity index is 881. The Morgan fingerprint density at radius 2 is 1.35 bits per heavy atom. The van der Waals surface area contributed by atoms with Crippen molar-refractivity contribution < 1.29 is 0 Å². The zero-order chi connectivity index (χ0) is 15.9. The highest BCUT2D eigenvalue weighted by Crippen LogP contribution is 2.34. The Labute approximate surface area is 142 Å². The molecular formula is C15H16Cl2N4O2. The van der Waals surface area contributed by atoms with Gasteiger partial charge in [0.1, 0.15) is 0 Å². The van der Waals surface area contributed by atoms with Gasteiger partial charge in [-0.1, -0.05) is 29.8 Å². The number of halogens is 2. The van der Waals surface area contributed by atoms with Crippen LogP contribution in [0.4, 0.5) is 0 Å². The minimum Gasteiger partial charge on any atom is -0.302 e. The molecule has 0 aliphatic heterocycles. The number of hydrogen-bond acceptors (Lipinski definition) is 2. The van der Waals surface area contributed by atoms with Crippen LogP contribution in [0.25, 0.3) is 0 Å². The second-order valence-electron chi connectivity index (χ2n) is 5.19. The van der Waals surface area contributed by atoms with Crippen molar-refractivity contribution in [3.8, 4) is 0 Å². The molecule has 3 rings (SSSR count). The molecule has 0 bridgehead atoms. The third-order valence-electron chi connectivity index (χ3n) is 3.82. The minimum atomic E-state index is -0.543. The number of aromatic amines is 4. The van der Waals surface area contributed by atoms with Crippen molar-refractivity contribution in [2.24, 2.45) is 0 Å². The predicted molar refractivity (Wildman–Crippen MR) is 91.9 cm³/mol. The number of hydrogen-bond donors (Lipinski definition) is 4. The lowest BCUT2D eigenvalue weighted by molar-refractivity contribution is 0.931. The lowest BCUT2D eigenvalue weighted by atomic mass is 9.85. The molecule has 0 atom stereocenters. The highest BCUT2D eigenvalue weighted by Gasteiger charge is 2.29. The molecule has 6 nitrogen and oxygen atoms in total. The van der Waals surface area contributed by atoms with E-state index in [1.54, 1.807) is 19.9 Å². The van der Waals surface area contributed by atoms with Crippen molar-refractivity contribution in [3.05, 3.63) is 78.1 Å². The Balaban J connectivity index is 0.00000192. The van der Waals surface area contributed by atoms with Crippen LogP contribution in [-0.4, -0.2) is 20.4 Å². The second-order valence-corrected chi connectivity index (χ2v) is 5.60. The summed E-state index contributed by atoms with van der Waals surface area (Å²) >= 11 is 6.32. The topological polar surface area (TPSA) is 97.3 Å². The number of nitrogens with one attached hydrogen (secondary N) is 4. The van der Waals surface area contributed by atoms with Crippen LogP contribution >= 0.6 is 24.0 Å². The molecule has 0 radical (unpaired) electrons. The quantitative estimate of drug-likeness (QED) is 0.581. The summed E-state index contributed by atoms with van der Waals surface area (Å²) < 4.78 is 0. The molecule has 0 aliphatic rings. The van der Waals surface area contributed by atoms with Gasteiger partial charge >= 0.3 is 0 Å². The van der Waals surface area contributed by atoms with E-state index < -0.39 is 5.92 Å². The lowest BCUT2D eigenvalue weighted by Gasteiger charge is -2.17. The first-order valence-electron chi connectivity index (χ1n) is 6.79. The van der Waals surface area contributed by atoms with Crippen molar-refractivity contribution in [3.63, 3.8) is 0 Å². The molecule has 2 aromatic heterocycles. The Hall–Kier alpha value is -2.18. The molecule has 0 spiro atoms. The van der Waals surface area contributed by atoms with E-state index in [4.69, 9.17) is 11.6 Å². The fourth-order valence-corrected chi connectivity index (χ4v) is 3.02. The van der Waals surface area contributed by atoms with E-state index in [1.165, 1.54) is 0 Å². The summed E-state index contributed by atoms with van der Waals surface area (Å²) in [6.07, 6.45) is 0. The van der Waals surface area contributed by atoms with Crippen LogP contribution in [0.2, 0.25) is 5.02 Å². The molecule has 0 aliphatic carbocycles. The zero-order valence-corrected chi connectivity index (χ0v) is 14.1. The maximum Gasteiger partial charge on any atom is 0.268 e. The first-order valence-corrected chi connectivity index (χ1v) is 7.17. The van der Waals surface area contributed by atoms with Gasteiger partial charge in [0.05, 0.1) is 17.0 Å². The summed E-state index contributed by atoms with van der Waals surface area (Å²) in [5.74, 6) is -0.543. The third-order valence-corrected chi connectivity index (χ3v) is 4.16. The molecule has 23 heavy (non-hydrogen) atoms. The summed E-state index contributed by atoms with van der Waals surface area (Å²) in [4.78, 5) is 24.5. The van der Waals surface area contributed by atoms with E-state index in [2.05, 4.69) is 20.4 Å². The largest absolute Gasteiger partial charge is 0.302 e. The lowest BCUT2D eigenvalue weighted by Crippen LogP contribution is -2.20. The maximum atomic E-state index is 12.2. The Morgan fingerprint density at radius 1 is 0.870 bits per heavy atom. The van der Waals surface area contributed by atoms with Crippen molar-refractivity contribution in [2.45, 2.75) is 19.8 Å². The number of H-pyrrole nitrogens is 4. The van der Waals surface area contributed by atoms with Gasteiger partial charge in [-0.2, -0.15) is 0 Å². The highest BCUT2D eigenvalue weighted by molar-refractivity contribution is 6.31. The van der Waals surface area contributed by atoms with Gasteiger partial charge in [0.15, 0.2) is 0 Å². The van der Waals surface area contributed by atoms with Crippen LogP contribution in [-0.2, 0) is 0 Å². The molecule has 0 unspecified atom stereocenters. The molecule has 122 valence electrons. The molecule has 8 heteroatoms. The highest BCUT2D eigenvalue weighted by atomic mass is 35.5. The average molecular weight is 355 g/mol. The second kappa shape index (κ2) is 6.52. The zero-order valence-electron chi connectivity index (χ0n) is 12.5. The molecule has 0 saturated heterocycles. The molecule has 0 amide bonds. The third kappa shape index (κ3) is 2.87. The number of benzene rings is 1. The number of aryl methyl sites for hydroxylation is 2. The average Bonchev–Trinajstić information content (AvgIpc) is 2.99. The molecule has 2 heterocycles. The smallest absolute Gasteiger partial charge is 0.268 e. The van der Waals surface area contributed by atoms with Crippen molar-refractivity contribution >= 4 is 24.0 Å². The first kappa shape index (κ1) is 17.2. The Morgan fingerprint density at radius 3 is 1.74 bits per heavy atom. The molecular weight excluding hydrogens is 339 g/mol. The minimum absolute atomic E-state index is 0. The van der Waals surface area contributed by atoms with Crippen LogP contribution in [0.3, 0.4) is 0 Å². The number of aromatic nitrogens is 4. The molecule has 3 aromatic rings. The maximum absolute atomic E-state index is 12.2. The van der Waals surface area contributed by atoms with Crippen LogP contribution in [0, 0.1) is 13.8 Å². The van der Waals surface area contributed by atoms with Crippen molar-refractivity contribution in [1.82, 2.24) is 20.4 Å². The van der Waals surface area contributed by atoms with E-state index in [0.717, 1.165) is 0 Å². The van der Waals surface area contributed by atoms with Gasteiger partial charge < -0.3 is 10.2 Å². The summed E-state index contributed by atoms with van der Waals surface area (Å²) in [6.45, 7) is 3.57. The number of rotatable bonds is 3. The van der Waals surface area contributed by atoms with Gasteiger partial charge in [-0.3, -0.25) is 19.8 Å². The normalized spacial score (nSPS) is 10.8. The summed E-state index contributed by atoms with van der Waals surface area (Å²) in [5.41, 5.74) is 2.52. The van der Waals surface area contributed by atoms with E-state index in [9.17, 15) is 9.59 Å². The SMILES string of the molecule is Cc1[nH][nH]c(=O)c1C(c1ccccc1Cl)c1c(C)[nH][nH]c1=O.Cl. The van der Waals surface area contributed by atoms with Gasteiger partial charge in [-0.15, -0.1) is 12.4 Å². The van der Waals surface area contributed by atoms with Crippen molar-refractivity contribution in [2.75, 3.05) is 0 Å². The van der Waals surface area contributed by atoms with Gasteiger partial charge in [0.25, 0.3) is 11.1 Å². The van der Waals surface area contributed by atoms with Crippen LogP contribution in [0.5, 0.6) is 0 Å². The van der Waals surface area contributed by atoms with Gasteiger partial charge in [-0.25, -0.2) is 0 Å². The van der Waals surface area contributed by atoms with Gasteiger partial charge in [0.2, 0.25) is 0 Å². The molecule has 4 N–H and O–H groups in total. The fraction of sp³-hybridized carbons (Fsp3) is 0.200. The fourth-order valence-electron chi connectivity index (χ4n) is 2.77. The molecule has 0 saturated carbocycles. The monoisotopic (exact) mass is 354 g/mol. The molecule has 1 aromatic carbocycles. The van der Waals surface area contributed by atoms with Crippen LogP contribution in [0.15, 0.2) is 33.9 Å². The van der Waals surface area contributed by atoms with Crippen LogP contribution < -0.4 is 11.1 Å². The Kier molecular flexibility index (Phi) is 4.87. The summed E-state index contributed by atoms with van der Waals surface area (Å²) in [5, 5.41) is 11.2. The van der Waals surface area contributed by atoms with Crippen LogP contribution in [0.1, 0.15) is 34.0 Å². The summed E-state index contributed by atoms with van der Waals surface area (Å²) in [7, 11) is 0. The first-order chi connectivity index (χ1) is 10.5. The standard InChI is InChI=1S/C15H15ClN4O2.ClH/c1-7-11(14(21)19-17-7)13(9-5-3-4-6-10(9)16)12-8(2)18-20-15(12)22;/h3-6,13H,1-2H3,(H2,17,19,21)(H2,18,20,22);1H. The van der Waals surface area contributed by atoms with E-state index in [0.29, 0.717) is 33.1 Å². The van der Waals surface area contributed by atoms with E-state index >= 15 is 0 Å². The van der Waals surface area contributed by atoms with Crippen molar-refractivity contribution in [1.29, 1.82) is 0 Å².